The van der Waals surface area contributed by atoms with Crippen LogP contribution >= 0.6 is 26.6 Å². The van der Waals surface area contributed by atoms with Crippen LogP contribution in [0.4, 0.5) is 0 Å². The molecule has 2 aliphatic heterocycles. The molecule has 7 heteroatoms. The van der Waals surface area contributed by atoms with Crippen molar-refractivity contribution in [1.29, 1.82) is 0 Å². The standard InChI is InChI=1S/C13H22N4.2BrH.Pt/c1-12(2)16-7-5-14(10-16)9-15-6-8-17(11-15)13(3)4;;;/h5-8,10-13H,9H2,1-4H3;2*1H;/q-2;;;+4/p-2. The fourth-order valence-electron chi connectivity index (χ4n) is 1.79. The van der Waals surface area contributed by atoms with Gasteiger partial charge in [0.1, 0.15) is 0 Å². The van der Waals surface area contributed by atoms with Crippen LogP contribution in [0.2, 0.25) is 0 Å². The number of halogens is 2. The van der Waals surface area contributed by atoms with Gasteiger partial charge < -0.3 is 19.6 Å². The molecule has 2 heterocycles. The van der Waals surface area contributed by atoms with Crippen LogP contribution in [0.5, 0.6) is 0 Å². The third-order valence-electron chi connectivity index (χ3n) is 2.94. The molecule has 0 aromatic rings. The van der Waals surface area contributed by atoms with Crippen LogP contribution in [0.1, 0.15) is 27.7 Å². The Morgan fingerprint density at radius 2 is 1.20 bits per heavy atom. The van der Waals surface area contributed by atoms with E-state index in [1.54, 1.807) is 0 Å². The van der Waals surface area contributed by atoms with Gasteiger partial charge in [0, 0.05) is 6.67 Å². The number of hydrogen-bond acceptors (Lipinski definition) is 4. The second-order valence-corrected chi connectivity index (χ2v) is 15.1. The predicted octanol–water partition coefficient (Wildman–Crippen LogP) is 3.87. The molecule has 0 unspecified atom stereocenters. The Morgan fingerprint density at radius 3 is 1.45 bits per heavy atom. The average molecular weight is 589 g/mol. The van der Waals surface area contributed by atoms with Gasteiger partial charge in [-0.1, -0.05) is 0 Å². The van der Waals surface area contributed by atoms with Crippen molar-refractivity contribution < 1.29 is 14.5 Å². The van der Waals surface area contributed by atoms with E-state index in [2.05, 4.69) is 112 Å². The van der Waals surface area contributed by atoms with Crippen LogP contribution in [0.25, 0.3) is 0 Å². The first-order valence-electron chi connectivity index (χ1n) is 6.43. The van der Waals surface area contributed by atoms with Gasteiger partial charge in [-0.2, -0.15) is 13.3 Å². The van der Waals surface area contributed by atoms with Gasteiger partial charge >= 0.3 is 41.0 Å². The van der Waals surface area contributed by atoms with E-state index in [1.165, 1.54) is 0 Å². The average Bonchev–Trinajstić information content (AvgIpc) is 2.99. The zero-order chi connectivity index (χ0) is 15.1. The SMILES string of the molecule is CC(C)N1C=CN(CN2C=CN(C(C)C)[CH-]2)[CH-]1.[Br][Pt+2][Br]. The van der Waals surface area contributed by atoms with Crippen molar-refractivity contribution in [1.82, 2.24) is 19.6 Å². The van der Waals surface area contributed by atoms with Crippen molar-refractivity contribution in [3.8, 4) is 0 Å². The molecule has 0 aliphatic carbocycles. The molecule has 0 saturated heterocycles. The summed E-state index contributed by atoms with van der Waals surface area (Å²) in [7, 11) is 0. The summed E-state index contributed by atoms with van der Waals surface area (Å²) in [5, 5.41) is 0. The van der Waals surface area contributed by atoms with Gasteiger partial charge in [0.2, 0.25) is 0 Å². The molecule has 0 N–H and O–H groups in total. The Kier molecular flexibility index (Phi) is 8.61. The topological polar surface area (TPSA) is 13.0 Å². The molecule has 20 heavy (non-hydrogen) atoms. The van der Waals surface area contributed by atoms with Gasteiger partial charge in [0.25, 0.3) is 0 Å². The third kappa shape index (κ3) is 5.98. The van der Waals surface area contributed by atoms with Gasteiger partial charge in [-0.05, 0) is 64.6 Å². The zero-order valence-corrected chi connectivity index (χ0v) is 17.6. The van der Waals surface area contributed by atoms with Crippen LogP contribution in [0.3, 0.4) is 0 Å². The number of nitrogens with zero attached hydrogens (tertiary/aromatic N) is 4. The third-order valence-corrected chi connectivity index (χ3v) is 2.94. The van der Waals surface area contributed by atoms with Crippen molar-refractivity contribution in [3.63, 3.8) is 0 Å². The molecule has 118 valence electrons. The molecule has 0 radical (unpaired) electrons. The normalized spacial score (nSPS) is 17.8. The number of rotatable bonds is 4. The molecule has 0 saturated carbocycles. The summed E-state index contributed by atoms with van der Waals surface area (Å²) < 4.78 is 0. The van der Waals surface area contributed by atoms with Gasteiger partial charge in [0.05, 0.1) is 0 Å². The first-order chi connectivity index (χ1) is 9.47. The fourth-order valence-corrected chi connectivity index (χ4v) is 1.79. The Morgan fingerprint density at radius 1 is 0.850 bits per heavy atom. The van der Waals surface area contributed by atoms with Crippen LogP contribution in [-0.2, 0) is 14.5 Å². The summed E-state index contributed by atoms with van der Waals surface area (Å²) in [6.45, 7) is 13.9. The molecule has 0 fully saturated rings. The van der Waals surface area contributed by atoms with Crippen molar-refractivity contribution in [2.75, 3.05) is 6.67 Å². The molecule has 2 aliphatic rings. The molecule has 2 rings (SSSR count). The zero-order valence-electron chi connectivity index (χ0n) is 12.2. The van der Waals surface area contributed by atoms with Crippen LogP contribution in [-0.4, -0.2) is 38.4 Å². The second kappa shape index (κ2) is 9.37. The fraction of sp³-hybridized carbons (Fsp3) is 0.538. The van der Waals surface area contributed by atoms with Crippen molar-refractivity contribution in [3.05, 3.63) is 38.1 Å². The Labute approximate surface area is 144 Å². The van der Waals surface area contributed by atoms with Gasteiger partial charge in [-0.15, -0.1) is 0 Å². The monoisotopic (exact) mass is 587 g/mol. The molecule has 4 nitrogen and oxygen atoms in total. The molecular weight excluding hydrogens is 567 g/mol. The van der Waals surface area contributed by atoms with Gasteiger partial charge in [-0.25, -0.2) is 0 Å². The maximum absolute atomic E-state index is 3.17. The van der Waals surface area contributed by atoms with Crippen molar-refractivity contribution in [2.24, 2.45) is 0 Å². The van der Waals surface area contributed by atoms with E-state index < -0.39 is 0 Å². The molecule has 0 amide bonds. The summed E-state index contributed by atoms with van der Waals surface area (Å²) in [6.07, 6.45) is 8.45. The summed E-state index contributed by atoms with van der Waals surface area (Å²) in [5.74, 6) is 0. The van der Waals surface area contributed by atoms with E-state index >= 15 is 0 Å². The van der Waals surface area contributed by atoms with Gasteiger partial charge in [-0.3, -0.25) is 0 Å². The minimum atomic E-state index is 0.208. The molecule has 0 atom stereocenters. The molecular formula is C13H22Br2N4Pt. The molecule has 0 aromatic carbocycles. The van der Waals surface area contributed by atoms with Gasteiger partial charge in [0.15, 0.2) is 0 Å². The van der Waals surface area contributed by atoms with E-state index in [-0.39, 0.29) is 14.5 Å². The molecule has 0 aromatic heterocycles. The first-order valence-corrected chi connectivity index (χ1v) is 16.4. The Balaban J connectivity index is 0.000000612. The minimum absolute atomic E-state index is 0.208. The van der Waals surface area contributed by atoms with Crippen molar-refractivity contribution >= 4 is 26.6 Å². The van der Waals surface area contributed by atoms with E-state index in [1.807, 2.05) is 0 Å². The van der Waals surface area contributed by atoms with E-state index in [9.17, 15) is 0 Å². The maximum atomic E-state index is 3.17. The summed E-state index contributed by atoms with van der Waals surface area (Å²) >= 11 is 6.56. The Hall–Kier alpha value is 0.328. The number of hydrogen-bond donors (Lipinski definition) is 0. The molecule has 0 bridgehead atoms. The quantitative estimate of drug-likeness (QED) is 0.463. The second-order valence-electron chi connectivity index (χ2n) is 5.12. The van der Waals surface area contributed by atoms with E-state index in [0.29, 0.717) is 12.1 Å². The summed E-state index contributed by atoms with van der Waals surface area (Å²) in [6, 6.07) is 1.03. The van der Waals surface area contributed by atoms with E-state index in [0.717, 1.165) is 6.67 Å². The summed E-state index contributed by atoms with van der Waals surface area (Å²) in [5.41, 5.74) is 0. The van der Waals surface area contributed by atoms with Crippen molar-refractivity contribution in [2.45, 2.75) is 39.8 Å². The Bertz CT molecular complexity index is 306. The van der Waals surface area contributed by atoms with Crippen LogP contribution < -0.4 is 0 Å². The van der Waals surface area contributed by atoms with Crippen LogP contribution in [0.15, 0.2) is 24.8 Å². The van der Waals surface area contributed by atoms with E-state index in [4.69, 9.17) is 0 Å². The first kappa shape index (κ1) is 18.4. The summed E-state index contributed by atoms with van der Waals surface area (Å²) in [4.78, 5) is 8.79. The van der Waals surface area contributed by atoms with Crippen LogP contribution in [0, 0.1) is 13.3 Å². The predicted molar refractivity (Wildman–Crippen MR) is 87.2 cm³/mol. The molecule has 0 spiro atoms.